The van der Waals surface area contributed by atoms with E-state index in [1.807, 2.05) is 0 Å². The van der Waals surface area contributed by atoms with Crippen LogP contribution in [0.2, 0.25) is 5.02 Å². The number of hydrogen-bond acceptors (Lipinski definition) is 6. The summed E-state index contributed by atoms with van der Waals surface area (Å²) in [6.45, 7) is 0. The summed E-state index contributed by atoms with van der Waals surface area (Å²) in [5, 5.41) is 15.8. The third-order valence-electron chi connectivity index (χ3n) is 3.35. The molecule has 0 fully saturated rings. The number of hydrazone groups is 1. The first kappa shape index (κ1) is 18.7. The quantitative estimate of drug-likeness (QED) is 0.365. The number of furan rings is 1. The van der Waals surface area contributed by atoms with Crippen LogP contribution in [0.15, 0.2) is 80.2 Å². The number of hydrogen-bond donors (Lipinski definition) is 1. The molecule has 1 N–H and O–H groups in total. The van der Waals surface area contributed by atoms with Crippen molar-refractivity contribution < 1.29 is 14.1 Å². The van der Waals surface area contributed by atoms with Gasteiger partial charge in [-0.15, -0.1) is 0 Å². The molecule has 1 aromatic heterocycles. The predicted octanol–water partition coefficient (Wildman–Crippen LogP) is 4.76. The van der Waals surface area contributed by atoms with Gasteiger partial charge in [0.1, 0.15) is 0 Å². The molecule has 0 saturated carbocycles. The van der Waals surface area contributed by atoms with Crippen LogP contribution in [-0.4, -0.2) is 17.0 Å². The van der Waals surface area contributed by atoms with Crippen molar-refractivity contribution in [2.45, 2.75) is 9.79 Å². The number of benzene rings is 2. The zero-order valence-corrected chi connectivity index (χ0v) is 15.2. The molecule has 0 radical (unpaired) electrons. The number of halogens is 1. The minimum atomic E-state index is -0.513. The Morgan fingerprint density at radius 2 is 2.00 bits per heavy atom. The average Bonchev–Trinajstić information content (AvgIpc) is 3.19. The van der Waals surface area contributed by atoms with Gasteiger partial charge in [0.2, 0.25) is 0 Å². The molecule has 1 heterocycles. The van der Waals surface area contributed by atoms with Crippen LogP contribution in [0.1, 0.15) is 16.1 Å². The van der Waals surface area contributed by atoms with Crippen LogP contribution in [-0.2, 0) is 0 Å². The standard InChI is InChI=1S/C18H12ClN3O4S/c19-13-4-6-14(7-5-13)27-17-8-3-12(10-15(17)22(24)25)11-20-21-18(23)16-2-1-9-26-16/h1-11H,(H,21,23)/b20-11-. The van der Waals surface area contributed by atoms with Crippen LogP contribution < -0.4 is 5.43 Å². The molecule has 0 atom stereocenters. The first-order valence-electron chi connectivity index (χ1n) is 7.62. The smallest absolute Gasteiger partial charge is 0.307 e. The van der Waals surface area contributed by atoms with Gasteiger partial charge in [-0.3, -0.25) is 14.9 Å². The Morgan fingerprint density at radius 1 is 1.22 bits per heavy atom. The van der Waals surface area contributed by atoms with Crippen LogP contribution in [0.5, 0.6) is 0 Å². The van der Waals surface area contributed by atoms with Gasteiger partial charge in [0.15, 0.2) is 5.76 Å². The zero-order chi connectivity index (χ0) is 19.2. The normalized spacial score (nSPS) is 10.9. The second-order valence-electron chi connectivity index (χ2n) is 5.22. The van der Waals surface area contributed by atoms with Gasteiger partial charge < -0.3 is 4.42 Å². The van der Waals surface area contributed by atoms with E-state index in [4.69, 9.17) is 16.0 Å². The second-order valence-corrected chi connectivity index (χ2v) is 6.77. The molecule has 7 nitrogen and oxygen atoms in total. The summed E-state index contributed by atoms with van der Waals surface area (Å²) < 4.78 is 4.94. The van der Waals surface area contributed by atoms with Gasteiger partial charge in [-0.1, -0.05) is 29.4 Å². The van der Waals surface area contributed by atoms with Crippen molar-refractivity contribution >= 4 is 41.2 Å². The first-order valence-corrected chi connectivity index (χ1v) is 8.81. The van der Waals surface area contributed by atoms with Gasteiger partial charge in [-0.2, -0.15) is 5.10 Å². The monoisotopic (exact) mass is 401 g/mol. The van der Waals surface area contributed by atoms with Gasteiger partial charge in [0.25, 0.3) is 5.69 Å². The summed E-state index contributed by atoms with van der Waals surface area (Å²) in [6, 6.07) is 14.8. The van der Waals surface area contributed by atoms with Crippen molar-refractivity contribution in [2.24, 2.45) is 5.10 Å². The Kier molecular flexibility index (Phi) is 5.90. The van der Waals surface area contributed by atoms with Gasteiger partial charge in [-0.05, 0) is 42.5 Å². The van der Waals surface area contributed by atoms with Gasteiger partial charge in [0.05, 0.1) is 22.3 Å². The van der Waals surface area contributed by atoms with Gasteiger partial charge in [-0.25, -0.2) is 5.43 Å². The van der Waals surface area contributed by atoms with Crippen molar-refractivity contribution in [2.75, 3.05) is 0 Å². The predicted molar refractivity (Wildman–Crippen MR) is 102 cm³/mol. The van der Waals surface area contributed by atoms with E-state index >= 15 is 0 Å². The molecule has 136 valence electrons. The number of carbonyl (C=O) groups is 1. The summed E-state index contributed by atoms with van der Waals surface area (Å²) in [5.41, 5.74) is 2.71. The van der Waals surface area contributed by atoms with E-state index in [0.717, 1.165) is 4.90 Å². The topological polar surface area (TPSA) is 97.7 Å². The van der Waals surface area contributed by atoms with Crippen LogP contribution >= 0.6 is 23.4 Å². The number of nitrogens with one attached hydrogen (secondary N) is 1. The fraction of sp³-hybridized carbons (Fsp3) is 0. The van der Waals surface area contributed by atoms with Crippen LogP contribution in [0, 0.1) is 10.1 Å². The first-order chi connectivity index (χ1) is 13.0. The molecule has 3 aromatic rings. The summed E-state index contributed by atoms with van der Waals surface area (Å²) in [4.78, 5) is 24.0. The summed E-state index contributed by atoms with van der Waals surface area (Å²) in [5.74, 6) is -0.395. The highest BCUT2D eigenvalue weighted by atomic mass is 35.5. The van der Waals surface area contributed by atoms with Crippen molar-refractivity contribution in [3.8, 4) is 0 Å². The Labute approximate surface area is 163 Å². The summed E-state index contributed by atoms with van der Waals surface area (Å²) >= 11 is 7.11. The molecule has 9 heteroatoms. The Morgan fingerprint density at radius 3 is 2.67 bits per heavy atom. The molecular formula is C18H12ClN3O4S. The molecule has 0 saturated heterocycles. The van der Waals surface area contributed by atoms with Gasteiger partial charge in [0, 0.05) is 21.5 Å². The van der Waals surface area contributed by atoms with E-state index in [-0.39, 0.29) is 11.4 Å². The number of amides is 1. The molecule has 3 rings (SSSR count). The zero-order valence-electron chi connectivity index (χ0n) is 13.7. The molecule has 0 aliphatic carbocycles. The molecule has 2 aromatic carbocycles. The fourth-order valence-corrected chi connectivity index (χ4v) is 3.13. The van der Waals surface area contributed by atoms with Crippen LogP contribution in [0.25, 0.3) is 0 Å². The number of nitro benzene ring substituents is 1. The molecule has 0 unspecified atom stereocenters. The molecule has 0 aliphatic heterocycles. The third-order valence-corrected chi connectivity index (χ3v) is 4.67. The van der Waals surface area contributed by atoms with Crippen LogP contribution in [0.4, 0.5) is 5.69 Å². The van der Waals surface area contributed by atoms with E-state index in [0.29, 0.717) is 15.5 Å². The summed E-state index contributed by atoms with van der Waals surface area (Å²) in [6.07, 6.45) is 2.70. The van der Waals surface area contributed by atoms with E-state index in [1.165, 1.54) is 36.4 Å². The summed E-state index contributed by atoms with van der Waals surface area (Å²) in [7, 11) is 0. The molecule has 0 bridgehead atoms. The van der Waals surface area contributed by atoms with E-state index in [9.17, 15) is 14.9 Å². The lowest BCUT2D eigenvalue weighted by atomic mass is 10.2. The Hall–Kier alpha value is -3.10. The lowest BCUT2D eigenvalue weighted by molar-refractivity contribution is -0.387. The van der Waals surface area contributed by atoms with Crippen molar-refractivity contribution in [1.82, 2.24) is 5.43 Å². The second kappa shape index (κ2) is 8.52. The highest BCUT2D eigenvalue weighted by Crippen LogP contribution is 2.35. The molecule has 27 heavy (non-hydrogen) atoms. The van der Waals surface area contributed by atoms with Crippen molar-refractivity contribution in [3.05, 3.63) is 87.3 Å². The number of nitro groups is 1. The average molecular weight is 402 g/mol. The SMILES string of the molecule is O=C(N/N=C\c1ccc(Sc2ccc(Cl)cc2)c([N+](=O)[O-])c1)c1ccco1. The number of rotatable bonds is 6. The lowest BCUT2D eigenvalue weighted by Crippen LogP contribution is -2.16. The van der Waals surface area contributed by atoms with Crippen LogP contribution in [0.3, 0.4) is 0 Å². The highest BCUT2D eigenvalue weighted by molar-refractivity contribution is 7.99. The van der Waals surface area contributed by atoms with Gasteiger partial charge >= 0.3 is 5.91 Å². The number of nitrogens with zero attached hydrogens (tertiary/aromatic N) is 2. The Balaban J connectivity index is 1.74. The minimum absolute atomic E-state index is 0.0590. The molecule has 1 amide bonds. The van der Waals surface area contributed by atoms with Crippen molar-refractivity contribution in [3.63, 3.8) is 0 Å². The third kappa shape index (κ3) is 4.96. The molecular weight excluding hydrogens is 390 g/mol. The highest BCUT2D eigenvalue weighted by Gasteiger charge is 2.15. The number of carbonyl (C=O) groups excluding carboxylic acids is 1. The lowest BCUT2D eigenvalue weighted by Gasteiger charge is -2.04. The minimum Gasteiger partial charge on any atom is -0.459 e. The maximum Gasteiger partial charge on any atom is 0.307 e. The molecule has 0 spiro atoms. The fourth-order valence-electron chi connectivity index (χ4n) is 2.10. The van der Waals surface area contributed by atoms with Crippen molar-refractivity contribution in [1.29, 1.82) is 0 Å². The largest absolute Gasteiger partial charge is 0.459 e. The van der Waals surface area contributed by atoms with E-state index in [2.05, 4.69) is 10.5 Å². The maximum absolute atomic E-state index is 11.7. The van der Waals surface area contributed by atoms with E-state index < -0.39 is 10.8 Å². The molecule has 0 aliphatic rings. The van der Waals surface area contributed by atoms with E-state index in [1.54, 1.807) is 42.5 Å². The Bertz CT molecular complexity index is 988. The maximum atomic E-state index is 11.7.